The van der Waals surface area contributed by atoms with E-state index in [4.69, 9.17) is 4.74 Å². The van der Waals surface area contributed by atoms with Crippen molar-refractivity contribution in [3.05, 3.63) is 49.8 Å². The van der Waals surface area contributed by atoms with E-state index in [0.717, 1.165) is 36.6 Å². The summed E-state index contributed by atoms with van der Waals surface area (Å²) in [6.45, 7) is 4.74. The smallest absolute Gasteiger partial charge is 0.317 e. The van der Waals surface area contributed by atoms with Crippen LogP contribution in [0.4, 0.5) is 4.79 Å². The van der Waals surface area contributed by atoms with E-state index in [-0.39, 0.29) is 12.1 Å². The molecule has 1 fully saturated rings. The molecule has 1 aliphatic rings. The predicted molar refractivity (Wildman–Crippen MR) is 121 cm³/mol. The highest BCUT2D eigenvalue weighted by atomic mass is 32.1. The molecule has 5 nitrogen and oxygen atoms in total. The Hall–Kier alpha value is -1.74. The fourth-order valence-corrected chi connectivity index (χ4v) is 5.75. The number of ether oxygens (including phenoxy) is 1. The minimum atomic E-state index is -0.0131. The Morgan fingerprint density at radius 2 is 2.24 bits per heavy atom. The third kappa shape index (κ3) is 5.66. The topological polar surface area (TPSA) is 54.5 Å². The first-order chi connectivity index (χ1) is 14.2. The maximum atomic E-state index is 12.8. The highest BCUT2D eigenvalue weighted by Crippen LogP contribution is 2.29. The Bertz CT molecular complexity index is 913. The normalized spacial score (nSPS) is 16.2. The van der Waals surface area contributed by atoms with Gasteiger partial charge in [-0.05, 0) is 49.8 Å². The van der Waals surface area contributed by atoms with Crippen LogP contribution < -0.4 is 5.32 Å². The van der Waals surface area contributed by atoms with Crippen molar-refractivity contribution in [3.8, 4) is 10.6 Å². The van der Waals surface area contributed by atoms with Gasteiger partial charge in [0.25, 0.3) is 0 Å². The molecule has 0 spiro atoms. The van der Waals surface area contributed by atoms with Crippen molar-refractivity contribution in [3.63, 3.8) is 0 Å². The molecule has 0 radical (unpaired) electrons. The Morgan fingerprint density at radius 3 is 2.97 bits per heavy atom. The second-order valence-corrected chi connectivity index (χ2v) is 10.4. The molecule has 3 aromatic rings. The Balaban J connectivity index is 1.30. The van der Waals surface area contributed by atoms with Gasteiger partial charge >= 0.3 is 6.03 Å². The fraction of sp³-hybridized carbons (Fsp3) is 0.429. The van der Waals surface area contributed by atoms with Gasteiger partial charge in [-0.1, -0.05) is 6.07 Å². The fourth-order valence-electron chi connectivity index (χ4n) is 3.38. The van der Waals surface area contributed by atoms with Gasteiger partial charge in [0, 0.05) is 34.8 Å². The van der Waals surface area contributed by atoms with E-state index < -0.39 is 0 Å². The molecule has 29 heavy (non-hydrogen) atoms. The number of carbonyl (C=O) groups excluding carboxylic acids is 1. The number of urea groups is 1. The van der Waals surface area contributed by atoms with Crippen LogP contribution in [0.25, 0.3) is 10.6 Å². The number of nitrogens with zero attached hydrogens (tertiary/aromatic N) is 2. The third-order valence-corrected chi connectivity index (χ3v) is 7.64. The van der Waals surface area contributed by atoms with Crippen molar-refractivity contribution in [1.82, 2.24) is 15.2 Å². The maximum absolute atomic E-state index is 12.8. The number of rotatable bonds is 8. The molecule has 1 N–H and O–H groups in total. The van der Waals surface area contributed by atoms with Crippen molar-refractivity contribution in [2.75, 3.05) is 19.7 Å². The van der Waals surface area contributed by atoms with Crippen molar-refractivity contribution >= 4 is 40.0 Å². The number of carbonyl (C=O) groups is 1. The molecule has 1 aliphatic heterocycles. The summed E-state index contributed by atoms with van der Waals surface area (Å²) < 4.78 is 5.75. The minimum absolute atomic E-state index is 0.0131. The molecule has 1 saturated heterocycles. The van der Waals surface area contributed by atoms with Crippen LogP contribution in [0, 0.1) is 6.92 Å². The average molecular weight is 448 g/mol. The lowest BCUT2D eigenvalue weighted by molar-refractivity contribution is 0.0798. The molecule has 154 valence electrons. The van der Waals surface area contributed by atoms with Gasteiger partial charge in [-0.3, -0.25) is 0 Å². The summed E-state index contributed by atoms with van der Waals surface area (Å²) in [6.07, 6.45) is 3.09. The molecule has 1 atom stereocenters. The van der Waals surface area contributed by atoms with E-state index in [9.17, 15) is 4.79 Å². The minimum Gasteiger partial charge on any atom is -0.376 e. The van der Waals surface area contributed by atoms with Crippen LogP contribution in [0.5, 0.6) is 0 Å². The van der Waals surface area contributed by atoms with E-state index in [1.165, 1.54) is 14.6 Å². The van der Waals surface area contributed by atoms with Crippen LogP contribution >= 0.6 is 34.0 Å². The summed E-state index contributed by atoms with van der Waals surface area (Å²) in [4.78, 5) is 22.9. The highest BCUT2D eigenvalue weighted by molar-refractivity contribution is 7.16. The number of hydrogen-bond acceptors (Lipinski definition) is 6. The number of aryl methyl sites for hydroxylation is 1. The molecule has 1 unspecified atom stereocenters. The van der Waals surface area contributed by atoms with Gasteiger partial charge < -0.3 is 15.0 Å². The Kier molecular flexibility index (Phi) is 6.97. The first kappa shape index (κ1) is 20.5. The largest absolute Gasteiger partial charge is 0.376 e. The maximum Gasteiger partial charge on any atom is 0.317 e. The van der Waals surface area contributed by atoms with Gasteiger partial charge in [0.05, 0.1) is 28.2 Å². The van der Waals surface area contributed by atoms with Crippen molar-refractivity contribution < 1.29 is 9.53 Å². The molecule has 0 aliphatic carbocycles. The molecule has 8 heteroatoms. The molecule has 4 heterocycles. The molecule has 0 aromatic carbocycles. The van der Waals surface area contributed by atoms with E-state index in [0.29, 0.717) is 19.6 Å². The zero-order valence-electron chi connectivity index (χ0n) is 16.4. The lowest BCUT2D eigenvalue weighted by atomic mass is 10.2. The lowest BCUT2D eigenvalue weighted by Gasteiger charge is -2.25. The number of nitrogens with one attached hydrogen (secondary N) is 1. The van der Waals surface area contributed by atoms with Crippen molar-refractivity contribution in [2.24, 2.45) is 0 Å². The van der Waals surface area contributed by atoms with Gasteiger partial charge in [-0.25, -0.2) is 9.78 Å². The predicted octanol–water partition coefficient (Wildman–Crippen LogP) is 5.17. The van der Waals surface area contributed by atoms with Gasteiger partial charge in [0.1, 0.15) is 0 Å². The molecule has 0 bridgehead atoms. The quantitative estimate of drug-likeness (QED) is 0.518. The van der Waals surface area contributed by atoms with Crippen LogP contribution in [0.2, 0.25) is 0 Å². The molecule has 3 aromatic heterocycles. The summed E-state index contributed by atoms with van der Waals surface area (Å²) in [7, 11) is 0. The van der Waals surface area contributed by atoms with Crippen LogP contribution in [-0.4, -0.2) is 41.7 Å². The molecular formula is C21H25N3O2S3. The number of thiazole rings is 1. The standard InChI is InChI=1S/C21H25N3O2S3/c1-15-23-19(14-28-15)20-7-6-17(29-20)8-9-22-21(25)24(12-16-4-2-10-26-16)13-18-5-3-11-27-18/h3,5-7,11,14,16H,2,4,8-10,12-13H2,1H3,(H,22,25). The number of amides is 2. The summed E-state index contributed by atoms with van der Waals surface area (Å²) in [6, 6.07) is 8.35. The summed E-state index contributed by atoms with van der Waals surface area (Å²) in [5, 5.41) is 8.33. The number of thiophene rings is 2. The average Bonchev–Trinajstić information content (AvgIpc) is 3.50. The second-order valence-electron chi connectivity index (χ2n) is 7.09. The Morgan fingerprint density at radius 1 is 1.31 bits per heavy atom. The summed E-state index contributed by atoms with van der Waals surface area (Å²) in [5.41, 5.74) is 1.05. The monoisotopic (exact) mass is 447 g/mol. The van der Waals surface area contributed by atoms with E-state index in [1.54, 1.807) is 34.0 Å². The van der Waals surface area contributed by atoms with Crippen molar-refractivity contribution in [1.29, 1.82) is 0 Å². The molecule has 4 rings (SSSR count). The van der Waals surface area contributed by atoms with E-state index in [1.807, 2.05) is 17.9 Å². The molecule has 2 amide bonds. The van der Waals surface area contributed by atoms with Gasteiger partial charge in [-0.2, -0.15) is 0 Å². The van der Waals surface area contributed by atoms with E-state index >= 15 is 0 Å². The third-order valence-electron chi connectivity index (χ3n) is 4.84. The van der Waals surface area contributed by atoms with E-state index in [2.05, 4.69) is 39.3 Å². The van der Waals surface area contributed by atoms with Crippen LogP contribution in [-0.2, 0) is 17.7 Å². The summed E-state index contributed by atoms with van der Waals surface area (Å²) >= 11 is 5.11. The zero-order chi connectivity index (χ0) is 20.1. The van der Waals surface area contributed by atoms with Gasteiger partial charge in [0.15, 0.2) is 0 Å². The first-order valence-electron chi connectivity index (χ1n) is 9.85. The number of aromatic nitrogens is 1. The van der Waals surface area contributed by atoms with Gasteiger partial charge in [0.2, 0.25) is 0 Å². The summed E-state index contributed by atoms with van der Waals surface area (Å²) in [5.74, 6) is 0. The molecular weight excluding hydrogens is 422 g/mol. The van der Waals surface area contributed by atoms with Crippen LogP contribution in [0.15, 0.2) is 35.0 Å². The van der Waals surface area contributed by atoms with Crippen LogP contribution in [0.1, 0.15) is 27.6 Å². The van der Waals surface area contributed by atoms with Crippen molar-refractivity contribution in [2.45, 2.75) is 38.8 Å². The number of hydrogen-bond donors (Lipinski definition) is 1. The molecule has 0 saturated carbocycles. The zero-order valence-corrected chi connectivity index (χ0v) is 18.9. The lowest BCUT2D eigenvalue weighted by Crippen LogP contribution is -2.43. The highest BCUT2D eigenvalue weighted by Gasteiger charge is 2.23. The SMILES string of the molecule is Cc1nc(-c2ccc(CCNC(=O)N(Cc3cccs3)CC3CCCO3)s2)cs1. The van der Waals surface area contributed by atoms with Crippen LogP contribution in [0.3, 0.4) is 0 Å². The Labute approximate surface area is 183 Å². The second kappa shape index (κ2) is 9.84. The van der Waals surface area contributed by atoms with Gasteiger partial charge in [-0.15, -0.1) is 34.0 Å². The first-order valence-corrected chi connectivity index (χ1v) is 12.4.